The van der Waals surface area contributed by atoms with Crippen molar-refractivity contribution in [3.63, 3.8) is 0 Å². The minimum atomic E-state index is -1.30. The van der Waals surface area contributed by atoms with E-state index in [-0.39, 0.29) is 11.3 Å². The van der Waals surface area contributed by atoms with Crippen LogP contribution in [-0.2, 0) is 9.59 Å². The summed E-state index contributed by atoms with van der Waals surface area (Å²) < 4.78 is 4.65. The van der Waals surface area contributed by atoms with Crippen molar-refractivity contribution in [2.24, 2.45) is 0 Å². The maximum absolute atomic E-state index is 11.8. The number of carboxylic acid groups (broad SMARTS) is 2. The molecular weight excluding hydrogens is 232 g/mol. The van der Waals surface area contributed by atoms with Crippen molar-refractivity contribution in [3.8, 4) is 0 Å². The molecule has 92 valence electrons. The van der Waals surface area contributed by atoms with Crippen LogP contribution in [-0.4, -0.2) is 51.2 Å². The summed E-state index contributed by atoms with van der Waals surface area (Å²) in [4.78, 5) is 33.5. The van der Waals surface area contributed by atoms with Crippen molar-refractivity contribution in [2.45, 2.75) is 6.92 Å². The molecule has 8 nitrogen and oxygen atoms in total. The number of aryl methyl sites for hydroxylation is 1. The van der Waals surface area contributed by atoms with Gasteiger partial charge in [-0.3, -0.25) is 14.4 Å². The SMILES string of the molecule is Cc1oncc1C(=O)N(CC(=O)O)CC(=O)O. The molecule has 0 radical (unpaired) electrons. The number of hydrogen-bond donors (Lipinski definition) is 2. The lowest BCUT2D eigenvalue weighted by Crippen LogP contribution is -2.39. The van der Waals surface area contributed by atoms with Gasteiger partial charge >= 0.3 is 11.9 Å². The summed E-state index contributed by atoms with van der Waals surface area (Å²) in [5.74, 6) is -3.13. The molecule has 1 aromatic heterocycles. The van der Waals surface area contributed by atoms with Gasteiger partial charge in [-0.05, 0) is 6.92 Å². The van der Waals surface area contributed by atoms with E-state index in [9.17, 15) is 14.4 Å². The van der Waals surface area contributed by atoms with Crippen molar-refractivity contribution in [3.05, 3.63) is 17.5 Å². The molecular formula is C9H10N2O6. The van der Waals surface area contributed by atoms with E-state index >= 15 is 0 Å². The standard InChI is InChI=1S/C9H10N2O6/c1-5-6(2-10-17-5)9(16)11(3-7(12)13)4-8(14)15/h2H,3-4H2,1H3,(H,12,13)(H,14,15). The monoisotopic (exact) mass is 242 g/mol. The van der Waals surface area contributed by atoms with Gasteiger partial charge in [0.2, 0.25) is 0 Å². The maximum atomic E-state index is 11.8. The maximum Gasteiger partial charge on any atom is 0.323 e. The summed E-state index contributed by atoms with van der Waals surface area (Å²) in [6.07, 6.45) is 1.12. The molecule has 0 spiro atoms. The van der Waals surface area contributed by atoms with Crippen LogP contribution in [0.4, 0.5) is 0 Å². The van der Waals surface area contributed by atoms with Crippen LogP contribution in [0.2, 0.25) is 0 Å². The lowest BCUT2D eigenvalue weighted by Gasteiger charge is -2.17. The topological polar surface area (TPSA) is 121 Å². The highest BCUT2D eigenvalue weighted by atomic mass is 16.5. The Balaban J connectivity index is 2.90. The third-order valence-electron chi connectivity index (χ3n) is 1.92. The van der Waals surface area contributed by atoms with Gasteiger partial charge in [0, 0.05) is 0 Å². The normalized spacial score (nSPS) is 9.94. The molecule has 0 saturated carbocycles. The first-order valence-corrected chi connectivity index (χ1v) is 4.56. The van der Waals surface area contributed by atoms with Gasteiger partial charge in [0.15, 0.2) is 0 Å². The van der Waals surface area contributed by atoms with Crippen LogP contribution in [0.1, 0.15) is 16.1 Å². The number of aliphatic carboxylic acids is 2. The van der Waals surface area contributed by atoms with E-state index in [1.807, 2.05) is 0 Å². The number of nitrogens with zero attached hydrogens (tertiary/aromatic N) is 2. The van der Waals surface area contributed by atoms with E-state index in [0.29, 0.717) is 4.90 Å². The Bertz CT molecular complexity index is 436. The number of carbonyl (C=O) groups is 3. The second-order valence-electron chi connectivity index (χ2n) is 3.24. The van der Waals surface area contributed by atoms with Crippen LogP contribution < -0.4 is 0 Å². The van der Waals surface area contributed by atoms with Gasteiger partial charge in [-0.1, -0.05) is 5.16 Å². The van der Waals surface area contributed by atoms with E-state index < -0.39 is 30.9 Å². The van der Waals surface area contributed by atoms with Gasteiger partial charge in [0.05, 0.1) is 6.20 Å². The molecule has 0 aliphatic heterocycles. The number of aromatic nitrogens is 1. The highest BCUT2D eigenvalue weighted by Gasteiger charge is 2.24. The van der Waals surface area contributed by atoms with Crippen molar-refractivity contribution in [1.29, 1.82) is 0 Å². The molecule has 1 aromatic rings. The molecule has 0 unspecified atom stereocenters. The van der Waals surface area contributed by atoms with Gasteiger partial charge < -0.3 is 19.6 Å². The molecule has 0 atom stereocenters. The number of carbonyl (C=O) groups excluding carboxylic acids is 1. The van der Waals surface area contributed by atoms with Gasteiger partial charge in [0.1, 0.15) is 24.4 Å². The van der Waals surface area contributed by atoms with Crippen LogP contribution in [0.25, 0.3) is 0 Å². The van der Waals surface area contributed by atoms with Gasteiger partial charge in [-0.2, -0.15) is 0 Å². The van der Waals surface area contributed by atoms with Crippen molar-refractivity contribution in [2.75, 3.05) is 13.1 Å². The van der Waals surface area contributed by atoms with Gasteiger partial charge in [-0.15, -0.1) is 0 Å². The van der Waals surface area contributed by atoms with Crippen LogP contribution in [0, 0.1) is 6.92 Å². The molecule has 0 aliphatic rings. The molecule has 0 bridgehead atoms. The Hall–Kier alpha value is -2.38. The Morgan fingerprint density at radius 1 is 1.29 bits per heavy atom. The number of carboxylic acids is 2. The van der Waals surface area contributed by atoms with E-state index in [2.05, 4.69) is 9.68 Å². The third-order valence-corrected chi connectivity index (χ3v) is 1.92. The fraction of sp³-hybridized carbons (Fsp3) is 0.333. The fourth-order valence-corrected chi connectivity index (χ4v) is 1.20. The molecule has 0 aromatic carbocycles. The van der Waals surface area contributed by atoms with Gasteiger partial charge in [-0.25, -0.2) is 0 Å². The molecule has 1 heterocycles. The van der Waals surface area contributed by atoms with Crippen LogP contribution in [0.15, 0.2) is 10.7 Å². The molecule has 0 aliphatic carbocycles. The summed E-state index contributed by atoms with van der Waals surface area (Å²) in [6.45, 7) is 0.0749. The van der Waals surface area contributed by atoms with E-state index in [1.54, 1.807) is 0 Å². The van der Waals surface area contributed by atoms with Crippen molar-refractivity contribution < 1.29 is 29.1 Å². The Kier molecular flexibility index (Phi) is 3.81. The zero-order valence-corrected chi connectivity index (χ0v) is 8.91. The number of hydrogen-bond acceptors (Lipinski definition) is 5. The quantitative estimate of drug-likeness (QED) is 0.720. The average Bonchev–Trinajstić information content (AvgIpc) is 2.61. The predicted octanol–water partition coefficient (Wildman–Crippen LogP) is -0.406. The predicted molar refractivity (Wildman–Crippen MR) is 52.4 cm³/mol. The van der Waals surface area contributed by atoms with E-state index in [4.69, 9.17) is 10.2 Å². The first kappa shape index (κ1) is 12.7. The molecule has 8 heteroatoms. The molecule has 0 saturated heterocycles. The second kappa shape index (κ2) is 5.10. The Labute approximate surface area is 95.4 Å². The largest absolute Gasteiger partial charge is 0.480 e. The molecule has 1 rings (SSSR count). The van der Waals surface area contributed by atoms with Crippen LogP contribution in [0.3, 0.4) is 0 Å². The highest BCUT2D eigenvalue weighted by Crippen LogP contribution is 2.09. The first-order valence-electron chi connectivity index (χ1n) is 4.56. The minimum Gasteiger partial charge on any atom is -0.480 e. The summed E-state index contributed by atoms with van der Waals surface area (Å²) in [7, 11) is 0. The molecule has 0 fully saturated rings. The average molecular weight is 242 g/mol. The molecule has 1 amide bonds. The second-order valence-corrected chi connectivity index (χ2v) is 3.24. The van der Waals surface area contributed by atoms with E-state index in [0.717, 1.165) is 6.20 Å². The van der Waals surface area contributed by atoms with Crippen molar-refractivity contribution >= 4 is 17.8 Å². The van der Waals surface area contributed by atoms with E-state index in [1.165, 1.54) is 6.92 Å². The van der Waals surface area contributed by atoms with Gasteiger partial charge in [0.25, 0.3) is 5.91 Å². The summed E-state index contributed by atoms with van der Waals surface area (Å²) in [5, 5.41) is 20.5. The Morgan fingerprint density at radius 3 is 2.18 bits per heavy atom. The summed E-state index contributed by atoms with van der Waals surface area (Å²) in [6, 6.07) is 0. The summed E-state index contributed by atoms with van der Waals surface area (Å²) in [5.41, 5.74) is 0.0486. The zero-order valence-electron chi connectivity index (χ0n) is 8.91. The fourth-order valence-electron chi connectivity index (χ4n) is 1.20. The minimum absolute atomic E-state index is 0.0486. The zero-order chi connectivity index (χ0) is 13.0. The van der Waals surface area contributed by atoms with Crippen molar-refractivity contribution in [1.82, 2.24) is 10.1 Å². The lowest BCUT2D eigenvalue weighted by atomic mass is 10.2. The smallest absolute Gasteiger partial charge is 0.323 e. The molecule has 17 heavy (non-hydrogen) atoms. The summed E-state index contributed by atoms with van der Waals surface area (Å²) >= 11 is 0. The lowest BCUT2D eigenvalue weighted by molar-refractivity contribution is -0.140. The van der Waals surface area contributed by atoms with Crippen LogP contribution >= 0.6 is 0 Å². The van der Waals surface area contributed by atoms with Crippen LogP contribution in [0.5, 0.6) is 0 Å². The number of amides is 1. The third kappa shape index (κ3) is 3.30. The molecule has 2 N–H and O–H groups in total. The first-order chi connectivity index (χ1) is 7.91. The number of rotatable bonds is 5. The highest BCUT2D eigenvalue weighted by molar-refractivity contribution is 5.97. The Morgan fingerprint density at radius 2 is 1.82 bits per heavy atom.